The lowest BCUT2D eigenvalue weighted by molar-refractivity contribution is -0.142. The number of fused-ring (bicyclic) bond motifs is 1. The summed E-state index contributed by atoms with van der Waals surface area (Å²) < 4.78 is 2.39. The number of nitrogen functional groups attached to an aromatic ring is 1. The molecule has 162 valence electrons. The molecule has 0 bridgehead atoms. The van der Waals surface area contributed by atoms with Crippen LogP contribution >= 0.6 is 27.7 Å². The van der Waals surface area contributed by atoms with Gasteiger partial charge in [-0.2, -0.15) is 9.61 Å². The second-order valence-corrected chi connectivity index (χ2v) is 10.1. The molecule has 3 aromatic rings. The highest BCUT2D eigenvalue weighted by Gasteiger charge is 2.30. The Morgan fingerprint density at radius 2 is 2.06 bits per heavy atom. The summed E-state index contributed by atoms with van der Waals surface area (Å²) in [4.78, 5) is 20.9. The van der Waals surface area contributed by atoms with Gasteiger partial charge in [-0.05, 0) is 47.7 Å². The molecule has 1 saturated heterocycles. The number of carboxylic acid groups (broad SMARTS) is 1. The molecule has 5 rings (SSSR count). The third-order valence-corrected chi connectivity index (χ3v) is 8.19. The lowest BCUT2D eigenvalue weighted by Crippen LogP contribution is -2.21. The molecule has 4 N–H and O–H groups in total. The minimum Gasteiger partial charge on any atom is -0.481 e. The standard InChI is InChI=1S/C21H23BrN6O2S/c22-16-17(11-1-3-12(4-2-11)21(29)30)27-19-14(10-26-28(19)18(16)23)13-5-6-15(25-9-13)20-24-7-8-31-20/h5-6,9-12,20,24H,1-4,7-8,23H2,(H,29,30)/t11-,12-,20?. The molecule has 0 spiro atoms. The minimum atomic E-state index is -0.708. The smallest absolute Gasteiger partial charge is 0.306 e. The molecule has 1 saturated carbocycles. The van der Waals surface area contributed by atoms with Crippen LogP contribution in [0.1, 0.15) is 48.4 Å². The molecule has 10 heteroatoms. The number of nitrogens with zero attached hydrogens (tertiary/aromatic N) is 4. The van der Waals surface area contributed by atoms with E-state index in [1.165, 1.54) is 0 Å². The van der Waals surface area contributed by atoms with E-state index < -0.39 is 5.97 Å². The predicted molar refractivity (Wildman–Crippen MR) is 124 cm³/mol. The van der Waals surface area contributed by atoms with Crippen LogP contribution in [-0.4, -0.2) is 43.0 Å². The Balaban J connectivity index is 1.48. The molecule has 1 atom stereocenters. The Labute approximate surface area is 192 Å². The third-order valence-electron chi connectivity index (χ3n) is 6.19. The highest BCUT2D eigenvalue weighted by Crippen LogP contribution is 2.40. The maximum atomic E-state index is 11.3. The Morgan fingerprint density at radius 3 is 2.71 bits per heavy atom. The summed E-state index contributed by atoms with van der Waals surface area (Å²) in [7, 11) is 0. The van der Waals surface area contributed by atoms with Crippen molar-refractivity contribution in [2.24, 2.45) is 5.92 Å². The summed E-state index contributed by atoms with van der Waals surface area (Å²) in [6.45, 7) is 1.00. The van der Waals surface area contributed by atoms with Gasteiger partial charge in [0.05, 0.1) is 33.3 Å². The number of anilines is 1. The van der Waals surface area contributed by atoms with Crippen molar-refractivity contribution < 1.29 is 9.90 Å². The zero-order valence-corrected chi connectivity index (χ0v) is 19.2. The second-order valence-electron chi connectivity index (χ2n) is 8.05. The topological polar surface area (TPSA) is 118 Å². The lowest BCUT2D eigenvalue weighted by Gasteiger charge is -2.26. The van der Waals surface area contributed by atoms with Gasteiger partial charge in [0.15, 0.2) is 5.65 Å². The Bertz CT molecular complexity index is 1120. The largest absolute Gasteiger partial charge is 0.481 e. The molecule has 3 aromatic heterocycles. The lowest BCUT2D eigenvalue weighted by atomic mass is 9.80. The molecule has 1 aliphatic heterocycles. The summed E-state index contributed by atoms with van der Waals surface area (Å²) in [5.41, 5.74) is 10.8. The number of aliphatic carboxylic acids is 1. The van der Waals surface area contributed by atoms with Gasteiger partial charge in [0.1, 0.15) is 5.82 Å². The van der Waals surface area contributed by atoms with Crippen LogP contribution in [-0.2, 0) is 4.79 Å². The van der Waals surface area contributed by atoms with E-state index in [4.69, 9.17) is 10.7 Å². The molecule has 0 aromatic carbocycles. The van der Waals surface area contributed by atoms with Gasteiger partial charge >= 0.3 is 5.97 Å². The first-order valence-electron chi connectivity index (χ1n) is 10.4. The molecular formula is C21H23BrN6O2S. The molecule has 0 radical (unpaired) electrons. The fourth-order valence-corrected chi connectivity index (χ4v) is 6.03. The summed E-state index contributed by atoms with van der Waals surface area (Å²) in [6, 6.07) is 4.10. The second kappa shape index (κ2) is 8.40. The molecular weight excluding hydrogens is 480 g/mol. The van der Waals surface area contributed by atoms with Crippen molar-refractivity contribution in [3.8, 4) is 11.1 Å². The highest BCUT2D eigenvalue weighted by molar-refractivity contribution is 9.10. The summed E-state index contributed by atoms with van der Waals surface area (Å²) in [5, 5.41) is 17.4. The number of rotatable bonds is 4. The quantitative estimate of drug-likeness (QED) is 0.492. The maximum Gasteiger partial charge on any atom is 0.306 e. The number of nitrogens with two attached hydrogens (primary N) is 1. The number of thioether (sulfide) groups is 1. The Morgan fingerprint density at radius 1 is 1.26 bits per heavy atom. The zero-order valence-electron chi connectivity index (χ0n) is 16.8. The number of carbonyl (C=O) groups is 1. The third kappa shape index (κ3) is 3.81. The van der Waals surface area contributed by atoms with Gasteiger partial charge in [0.25, 0.3) is 0 Å². The fourth-order valence-electron chi connectivity index (χ4n) is 4.44. The first kappa shape index (κ1) is 20.7. The van der Waals surface area contributed by atoms with Gasteiger partial charge in [-0.1, -0.05) is 6.07 Å². The number of aromatic nitrogens is 4. The van der Waals surface area contributed by atoms with E-state index in [-0.39, 0.29) is 17.2 Å². The van der Waals surface area contributed by atoms with Crippen molar-refractivity contribution in [1.29, 1.82) is 0 Å². The molecule has 2 aliphatic rings. The number of halogens is 1. The monoisotopic (exact) mass is 502 g/mol. The normalized spacial score (nSPS) is 24.0. The van der Waals surface area contributed by atoms with Crippen molar-refractivity contribution in [2.75, 3.05) is 18.0 Å². The van der Waals surface area contributed by atoms with Crippen LogP contribution in [0.2, 0.25) is 0 Å². The van der Waals surface area contributed by atoms with E-state index in [1.54, 1.807) is 10.7 Å². The van der Waals surface area contributed by atoms with Crippen LogP contribution in [0.3, 0.4) is 0 Å². The molecule has 4 heterocycles. The van der Waals surface area contributed by atoms with Crippen LogP contribution < -0.4 is 11.1 Å². The predicted octanol–water partition coefficient (Wildman–Crippen LogP) is 3.83. The van der Waals surface area contributed by atoms with Gasteiger partial charge in [-0.25, -0.2) is 4.98 Å². The van der Waals surface area contributed by atoms with Gasteiger partial charge in [-0.15, -0.1) is 11.8 Å². The molecule has 1 aliphatic carbocycles. The van der Waals surface area contributed by atoms with Gasteiger partial charge in [0.2, 0.25) is 0 Å². The van der Waals surface area contributed by atoms with Crippen molar-refractivity contribution in [2.45, 2.75) is 37.0 Å². The molecule has 2 fully saturated rings. The number of pyridine rings is 1. The maximum absolute atomic E-state index is 11.3. The fraction of sp³-hybridized carbons (Fsp3) is 0.429. The van der Waals surface area contributed by atoms with Crippen LogP contribution in [0.5, 0.6) is 0 Å². The number of nitrogens with one attached hydrogen (secondary N) is 1. The van der Waals surface area contributed by atoms with Crippen molar-refractivity contribution in [3.05, 3.63) is 40.4 Å². The number of carboxylic acids is 1. The average molecular weight is 503 g/mol. The summed E-state index contributed by atoms with van der Waals surface area (Å²) in [5.74, 6) is 0.797. The van der Waals surface area contributed by atoms with Crippen LogP contribution in [0.15, 0.2) is 29.0 Å². The van der Waals surface area contributed by atoms with Crippen molar-refractivity contribution in [3.63, 3.8) is 0 Å². The van der Waals surface area contributed by atoms with E-state index in [1.807, 2.05) is 24.0 Å². The Kier molecular flexibility index (Phi) is 5.61. The first-order valence-corrected chi connectivity index (χ1v) is 12.2. The van der Waals surface area contributed by atoms with Crippen molar-refractivity contribution >= 4 is 45.1 Å². The average Bonchev–Trinajstić information content (AvgIpc) is 3.47. The zero-order chi connectivity index (χ0) is 21.5. The Hall–Kier alpha value is -2.17. The van der Waals surface area contributed by atoms with Crippen LogP contribution in [0.25, 0.3) is 16.8 Å². The highest BCUT2D eigenvalue weighted by atomic mass is 79.9. The molecule has 8 nitrogen and oxygen atoms in total. The van der Waals surface area contributed by atoms with Gasteiger partial charge in [0, 0.05) is 35.5 Å². The summed E-state index contributed by atoms with van der Waals surface area (Å²) in [6.07, 6.45) is 6.52. The molecule has 0 amide bonds. The van der Waals surface area contributed by atoms with Gasteiger partial charge < -0.3 is 10.8 Å². The molecule has 31 heavy (non-hydrogen) atoms. The van der Waals surface area contributed by atoms with Crippen LogP contribution in [0, 0.1) is 5.92 Å². The first-order chi connectivity index (χ1) is 15.0. The van der Waals surface area contributed by atoms with E-state index in [9.17, 15) is 9.90 Å². The van der Waals surface area contributed by atoms with Crippen molar-refractivity contribution in [1.82, 2.24) is 24.9 Å². The number of hydrogen-bond acceptors (Lipinski definition) is 7. The number of hydrogen-bond donors (Lipinski definition) is 3. The van der Waals surface area contributed by atoms with E-state index in [0.29, 0.717) is 24.3 Å². The SMILES string of the molecule is Nc1c(Br)c([C@H]2CC[C@H](C(=O)O)CC2)nc2c(-c3ccc(C4NCCS4)nc3)cnn12. The van der Waals surface area contributed by atoms with Gasteiger partial charge in [-0.3, -0.25) is 15.1 Å². The minimum absolute atomic E-state index is 0.172. The van der Waals surface area contributed by atoms with Crippen LogP contribution in [0.4, 0.5) is 5.82 Å². The van der Waals surface area contributed by atoms with E-state index in [2.05, 4.69) is 37.4 Å². The van der Waals surface area contributed by atoms with E-state index in [0.717, 1.165) is 52.1 Å². The summed E-state index contributed by atoms with van der Waals surface area (Å²) >= 11 is 5.47. The molecule has 1 unspecified atom stereocenters. The van der Waals surface area contributed by atoms with E-state index >= 15 is 0 Å².